The van der Waals surface area contributed by atoms with Gasteiger partial charge in [0.25, 0.3) is 0 Å². The molecular formula is C34H26N2S. The molecule has 2 nitrogen and oxygen atoms in total. The Balaban J connectivity index is 1.40. The molecule has 0 fully saturated rings. The van der Waals surface area contributed by atoms with Crippen molar-refractivity contribution in [3.63, 3.8) is 0 Å². The SMILES string of the molecule is Cc1cc(C)c(-n2c(-c3ccc(-c4cccc5c4sc4ccccc45)cc3)nc3ccccc32)c(C)c1. The van der Waals surface area contributed by atoms with Gasteiger partial charge in [0, 0.05) is 25.7 Å². The van der Waals surface area contributed by atoms with Gasteiger partial charge in [-0.15, -0.1) is 11.3 Å². The van der Waals surface area contributed by atoms with Crippen LogP contribution in [-0.2, 0) is 0 Å². The third kappa shape index (κ3) is 3.50. The average molecular weight is 495 g/mol. The van der Waals surface area contributed by atoms with Gasteiger partial charge in [-0.3, -0.25) is 4.57 Å². The molecule has 2 heterocycles. The van der Waals surface area contributed by atoms with E-state index in [1.54, 1.807) is 0 Å². The standard InChI is InChI=1S/C34H26N2S/c1-21-19-22(2)32(23(3)20-21)36-30-13-6-5-12-29(30)35-34(36)25-17-15-24(16-18-25)26-10-8-11-28-27-9-4-7-14-31(27)37-33(26)28/h4-20H,1-3H3. The molecule has 5 aromatic carbocycles. The smallest absolute Gasteiger partial charge is 0.145 e. The monoisotopic (exact) mass is 494 g/mol. The summed E-state index contributed by atoms with van der Waals surface area (Å²) in [6.07, 6.45) is 0. The lowest BCUT2D eigenvalue weighted by molar-refractivity contribution is 1.06. The largest absolute Gasteiger partial charge is 0.292 e. The number of benzene rings is 5. The lowest BCUT2D eigenvalue weighted by atomic mass is 10.0. The van der Waals surface area contributed by atoms with Crippen LogP contribution in [0.4, 0.5) is 0 Å². The number of thiophene rings is 1. The molecular weight excluding hydrogens is 468 g/mol. The summed E-state index contributed by atoms with van der Waals surface area (Å²) in [7, 11) is 0. The highest BCUT2D eigenvalue weighted by molar-refractivity contribution is 7.26. The van der Waals surface area contributed by atoms with Crippen LogP contribution in [0.15, 0.2) is 103 Å². The number of fused-ring (bicyclic) bond motifs is 4. The number of aromatic nitrogens is 2. The van der Waals surface area contributed by atoms with Gasteiger partial charge in [0.2, 0.25) is 0 Å². The number of hydrogen-bond acceptors (Lipinski definition) is 2. The fourth-order valence-electron chi connectivity index (χ4n) is 5.74. The van der Waals surface area contributed by atoms with Crippen LogP contribution in [-0.4, -0.2) is 9.55 Å². The molecule has 0 N–H and O–H groups in total. The van der Waals surface area contributed by atoms with Crippen LogP contribution in [0.2, 0.25) is 0 Å². The second-order valence-electron chi connectivity index (χ2n) is 9.86. The van der Waals surface area contributed by atoms with E-state index in [9.17, 15) is 0 Å². The molecule has 0 aliphatic heterocycles. The molecule has 37 heavy (non-hydrogen) atoms. The minimum absolute atomic E-state index is 0.975. The highest BCUT2D eigenvalue weighted by Gasteiger charge is 2.18. The van der Waals surface area contributed by atoms with E-state index in [0.717, 1.165) is 22.4 Å². The van der Waals surface area contributed by atoms with Crippen LogP contribution in [0.1, 0.15) is 16.7 Å². The fourth-order valence-corrected chi connectivity index (χ4v) is 6.98. The Bertz CT molecular complexity index is 1930. The Morgan fingerprint density at radius 2 is 1.32 bits per heavy atom. The minimum Gasteiger partial charge on any atom is -0.292 e. The third-order valence-electron chi connectivity index (χ3n) is 7.28. The van der Waals surface area contributed by atoms with Gasteiger partial charge < -0.3 is 0 Å². The van der Waals surface area contributed by atoms with E-state index >= 15 is 0 Å². The van der Waals surface area contributed by atoms with E-state index in [2.05, 4.69) is 128 Å². The van der Waals surface area contributed by atoms with E-state index in [4.69, 9.17) is 4.98 Å². The van der Waals surface area contributed by atoms with Crippen LogP contribution < -0.4 is 0 Å². The quantitative estimate of drug-likeness (QED) is 0.239. The molecule has 178 valence electrons. The summed E-state index contributed by atoms with van der Waals surface area (Å²) in [5.41, 5.74) is 10.8. The lowest BCUT2D eigenvalue weighted by Crippen LogP contribution is -2.03. The average Bonchev–Trinajstić information content (AvgIpc) is 3.47. The van der Waals surface area contributed by atoms with Gasteiger partial charge in [0.05, 0.1) is 16.7 Å². The first-order valence-corrected chi connectivity index (χ1v) is 13.5. The molecule has 0 amide bonds. The Hall–Kier alpha value is -4.21. The van der Waals surface area contributed by atoms with Gasteiger partial charge in [-0.05, 0) is 61.2 Å². The highest BCUT2D eigenvalue weighted by atomic mass is 32.1. The van der Waals surface area contributed by atoms with Crippen LogP contribution in [0.5, 0.6) is 0 Å². The maximum Gasteiger partial charge on any atom is 0.145 e. The molecule has 2 aromatic heterocycles. The summed E-state index contributed by atoms with van der Waals surface area (Å²) < 4.78 is 5.01. The van der Waals surface area contributed by atoms with E-state index in [1.807, 2.05) is 11.3 Å². The molecule has 0 radical (unpaired) electrons. The number of aryl methyl sites for hydroxylation is 3. The predicted molar refractivity (Wildman–Crippen MR) is 159 cm³/mol. The van der Waals surface area contributed by atoms with Gasteiger partial charge in [-0.1, -0.05) is 90.5 Å². The molecule has 0 aliphatic rings. The van der Waals surface area contributed by atoms with Crippen molar-refractivity contribution < 1.29 is 0 Å². The van der Waals surface area contributed by atoms with Crippen LogP contribution in [0.25, 0.3) is 59.4 Å². The molecule has 7 rings (SSSR count). The number of nitrogens with zero attached hydrogens (tertiary/aromatic N) is 2. The summed E-state index contributed by atoms with van der Waals surface area (Å²) in [4.78, 5) is 5.11. The molecule has 7 aromatic rings. The van der Waals surface area contributed by atoms with Gasteiger partial charge in [0.15, 0.2) is 0 Å². The van der Waals surface area contributed by atoms with E-state index in [0.29, 0.717) is 0 Å². The Kier molecular flexibility index (Phi) is 5.02. The van der Waals surface area contributed by atoms with Crippen LogP contribution in [0.3, 0.4) is 0 Å². The second-order valence-corrected chi connectivity index (χ2v) is 10.9. The Morgan fingerprint density at radius 1 is 0.649 bits per heavy atom. The summed E-state index contributed by atoms with van der Waals surface area (Å²) in [6, 6.07) is 37.2. The van der Waals surface area contributed by atoms with Crippen molar-refractivity contribution in [1.82, 2.24) is 9.55 Å². The van der Waals surface area contributed by atoms with Crippen LogP contribution >= 0.6 is 11.3 Å². The lowest BCUT2D eigenvalue weighted by Gasteiger charge is -2.16. The highest BCUT2D eigenvalue weighted by Crippen LogP contribution is 2.40. The minimum atomic E-state index is 0.975. The van der Waals surface area contributed by atoms with Crippen molar-refractivity contribution in [2.45, 2.75) is 20.8 Å². The molecule has 0 unspecified atom stereocenters. The van der Waals surface area contributed by atoms with Gasteiger partial charge in [-0.2, -0.15) is 0 Å². The maximum absolute atomic E-state index is 5.11. The zero-order chi connectivity index (χ0) is 25.1. The van der Waals surface area contributed by atoms with Gasteiger partial charge in [0.1, 0.15) is 5.82 Å². The first kappa shape index (κ1) is 22.0. The molecule has 0 bridgehead atoms. The predicted octanol–water partition coefficient (Wildman–Crippen LogP) is 9.65. The zero-order valence-corrected chi connectivity index (χ0v) is 21.9. The second kappa shape index (κ2) is 8.43. The first-order chi connectivity index (χ1) is 18.1. The number of hydrogen-bond donors (Lipinski definition) is 0. The summed E-state index contributed by atoms with van der Waals surface area (Å²) in [5.74, 6) is 0.975. The zero-order valence-electron chi connectivity index (χ0n) is 21.1. The van der Waals surface area contributed by atoms with E-state index in [1.165, 1.54) is 53.7 Å². The number of imidazole rings is 1. The summed E-state index contributed by atoms with van der Waals surface area (Å²) >= 11 is 1.87. The molecule has 0 saturated heterocycles. The molecule has 3 heteroatoms. The third-order valence-corrected chi connectivity index (χ3v) is 8.50. The van der Waals surface area contributed by atoms with Crippen molar-refractivity contribution in [1.29, 1.82) is 0 Å². The summed E-state index contributed by atoms with van der Waals surface area (Å²) in [6.45, 7) is 6.55. The Labute approximate surface area is 220 Å². The summed E-state index contributed by atoms with van der Waals surface area (Å²) in [5, 5.41) is 2.66. The van der Waals surface area contributed by atoms with Crippen molar-refractivity contribution >= 4 is 42.5 Å². The number of para-hydroxylation sites is 2. The normalized spacial score (nSPS) is 11.6. The molecule has 0 saturated carbocycles. The maximum atomic E-state index is 5.11. The van der Waals surface area contributed by atoms with Crippen molar-refractivity contribution in [3.8, 4) is 28.2 Å². The van der Waals surface area contributed by atoms with Crippen LogP contribution in [0, 0.1) is 20.8 Å². The van der Waals surface area contributed by atoms with Crippen molar-refractivity contribution in [2.24, 2.45) is 0 Å². The van der Waals surface area contributed by atoms with Crippen molar-refractivity contribution in [3.05, 3.63) is 120 Å². The molecule has 0 aliphatic carbocycles. The topological polar surface area (TPSA) is 17.8 Å². The molecule has 0 atom stereocenters. The van der Waals surface area contributed by atoms with Gasteiger partial charge >= 0.3 is 0 Å². The van der Waals surface area contributed by atoms with E-state index < -0.39 is 0 Å². The fraction of sp³-hybridized carbons (Fsp3) is 0.0882. The first-order valence-electron chi connectivity index (χ1n) is 12.7. The Morgan fingerprint density at radius 3 is 2.14 bits per heavy atom. The molecule has 0 spiro atoms. The van der Waals surface area contributed by atoms with E-state index in [-0.39, 0.29) is 0 Å². The number of rotatable bonds is 3. The van der Waals surface area contributed by atoms with Gasteiger partial charge in [-0.25, -0.2) is 4.98 Å². The van der Waals surface area contributed by atoms with Crippen molar-refractivity contribution in [2.75, 3.05) is 0 Å².